The fourth-order valence-electron chi connectivity index (χ4n) is 2.45. The molecule has 0 spiro atoms. The molecule has 0 saturated carbocycles. The van der Waals surface area contributed by atoms with Crippen LogP contribution in [0.1, 0.15) is 12.5 Å². The Morgan fingerprint density at radius 1 is 1.15 bits per heavy atom. The van der Waals surface area contributed by atoms with E-state index in [9.17, 15) is 4.79 Å². The van der Waals surface area contributed by atoms with E-state index in [1.807, 2.05) is 55.5 Å². The number of nitrogens with zero attached hydrogens (tertiary/aromatic N) is 2. The zero-order chi connectivity index (χ0) is 18.5. The van der Waals surface area contributed by atoms with Crippen molar-refractivity contribution in [2.75, 3.05) is 6.61 Å². The summed E-state index contributed by atoms with van der Waals surface area (Å²) < 4.78 is 10.7. The standard InChI is InChI=1S/C19H19N3O4/c1-2-25-15-9-7-14(8-10-15)18-21-17(22-26-18)13-5-3-12(4-6-13)11-16(20)19(23)24/h3-10,16H,2,11,20H2,1H3,(H,23,24)/t16-/m0/s1. The third kappa shape index (κ3) is 4.07. The Balaban J connectivity index is 1.74. The quantitative estimate of drug-likeness (QED) is 0.671. The minimum atomic E-state index is -1.02. The van der Waals surface area contributed by atoms with Gasteiger partial charge in [0.1, 0.15) is 11.8 Å². The smallest absolute Gasteiger partial charge is 0.320 e. The van der Waals surface area contributed by atoms with Crippen LogP contribution in [-0.2, 0) is 11.2 Å². The van der Waals surface area contributed by atoms with E-state index < -0.39 is 12.0 Å². The van der Waals surface area contributed by atoms with Crippen LogP contribution < -0.4 is 10.5 Å². The summed E-state index contributed by atoms with van der Waals surface area (Å²) in [6, 6.07) is 13.8. The summed E-state index contributed by atoms with van der Waals surface area (Å²) in [6.45, 7) is 2.54. The summed E-state index contributed by atoms with van der Waals surface area (Å²) in [5, 5.41) is 12.9. The number of nitrogens with two attached hydrogens (primary N) is 1. The van der Waals surface area contributed by atoms with Crippen molar-refractivity contribution >= 4 is 5.97 Å². The maximum atomic E-state index is 10.8. The average Bonchev–Trinajstić information content (AvgIpc) is 3.13. The van der Waals surface area contributed by atoms with Crippen LogP contribution in [0, 0.1) is 0 Å². The molecule has 7 heteroatoms. The number of benzene rings is 2. The predicted molar refractivity (Wildman–Crippen MR) is 95.7 cm³/mol. The van der Waals surface area contributed by atoms with Crippen LogP contribution in [0.4, 0.5) is 0 Å². The van der Waals surface area contributed by atoms with Gasteiger partial charge in [-0.25, -0.2) is 0 Å². The van der Waals surface area contributed by atoms with Crippen molar-refractivity contribution < 1.29 is 19.2 Å². The Morgan fingerprint density at radius 2 is 1.81 bits per heavy atom. The molecule has 2 aromatic carbocycles. The Bertz CT molecular complexity index is 873. The molecule has 3 rings (SSSR count). The van der Waals surface area contributed by atoms with Gasteiger partial charge in [0.05, 0.1) is 6.61 Å². The van der Waals surface area contributed by atoms with Gasteiger partial charge in [0, 0.05) is 11.1 Å². The number of rotatable bonds is 7. The third-order valence-electron chi connectivity index (χ3n) is 3.82. The molecule has 0 radical (unpaired) electrons. The van der Waals surface area contributed by atoms with E-state index in [0.29, 0.717) is 18.3 Å². The van der Waals surface area contributed by atoms with Gasteiger partial charge in [0.2, 0.25) is 5.82 Å². The van der Waals surface area contributed by atoms with Gasteiger partial charge < -0.3 is 20.1 Å². The second kappa shape index (κ2) is 7.79. The number of hydrogen-bond donors (Lipinski definition) is 2. The molecule has 134 valence electrons. The van der Waals surface area contributed by atoms with Gasteiger partial charge in [-0.2, -0.15) is 4.98 Å². The van der Waals surface area contributed by atoms with Crippen molar-refractivity contribution in [2.24, 2.45) is 5.73 Å². The van der Waals surface area contributed by atoms with Gasteiger partial charge in [-0.3, -0.25) is 4.79 Å². The lowest BCUT2D eigenvalue weighted by atomic mass is 10.0. The average molecular weight is 353 g/mol. The van der Waals surface area contributed by atoms with Crippen molar-refractivity contribution in [3.05, 3.63) is 54.1 Å². The van der Waals surface area contributed by atoms with Crippen molar-refractivity contribution in [1.82, 2.24) is 10.1 Å². The first-order valence-electron chi connectivity index (χ1n) is 8.21. The van der Waals surface area contributed by atoms with E-state index in [1.54, 1.807) is 0 Å². The van der Waals surface area contributed by atoms with Gasteiger partial charge in [0.15, 0.2) is 0 Å². The Labute approximate surface area is 150 Å². The van der Waals surface area contributed by atoms with Crippen molar-refractivity contribution in [1.29, 1.82) is 0 Å². The van der Waals surface area contributed by atoms with Gasteiger partial charge in [-0.1, -0.05) is 29.4 Å². The first kappa shape index (κ1) is 17.6. The topological polar surface area (TPSA) is 111 Å². The normalized spacial score (nSPS) is 11.9. The highest BCUT2D eigenvalue weighted by molar-refractivity contribution is 5.73. The molecule has 0 aliphatic rings. The molecule has 1 atom stereocenters. The molecule has 0 aliphatic carbocycles. The largest absolute Gasteiger partial charge is 0.494 e. The Hall–Kier alpha value is -3.19. The summed E-state index contributed by atoms with van der Waals surface area (Å²) >= 11 is 0. The zero-order valence-corrected chi connectivity index (χ0v) is 14.3. The summed E-state index contributed by atoms with van der Waals surface area (Å²) in [6.07, 6.45) is 0.263. The van der Waals surface area contributed by atoms with E-state index in [2.05, 4.69) is 10.1 Å². The van der Waals surface area contributed by atoms with E-state index in [1.165, 1.54) is 0 Å². The number of aliphatic carboxylic acids is 1. The molecule has 0 aliphatic heterocycles. The lowest BCUT2D eigenvalue weighted by Crippen LogP contribution is -2.32. The highest BCUT2D eigenvalue weighted by Crippen LogP contribution is 2.24. The third-order valence-corrected chi connectivity index (χ3v) is 3.82. The number of carboxylic acids is 1. The minimum absolute atomic E-state index is 0.263. The highest BCUT2D eigenvalue weighted by atomic mass is 16.5. The fraction of sp³-hybridized carbons (Fsp3) is 0.211. The van der Waals surface area contributed by atoms with Gasteiger partial charge in [-0.15, -0.1) is 0 Å². The van der Waals surface area contributed by atoms with Crippen molar-refractivity contribution in [3.8, 4) is 28.6 Å². The summed E-state index contributed by atoms with van der Waals surface area (Å²) in [5.41, 5.74) is 7.96. The van der Waals surface area contributed by atoms with E-state index in [4.69, 9.17) is 20.1 Å². The molecule has 26 heavy (non-hydrogen) atoms. The number of hydrogen-bond acceptors (Lipinski definition) is 6. The van der Waals surface area contributed by atoms with Crippen molar-refractivity contribution in [2.45, 2.75) is 19.4 Å². The van der Waals surface area contributed by atoms with Crippen molar-refractivity contribution in [3.63, 3.8) is 0 Å². The molecule has 0 fully saturated rings. The van der Waals surface area contributed by atoms with E-state index >= 15 is 0 Å². The second-order valence-corrected chi connectivity index (χ2v) is 5.73. The minimum Gasteiger partial charge on any atom is -0.494 e. The lowest BCUT2D eigenvalue weighted by Gasteiger charge is -2.06. The SMILES string of the molecule is CCOc1ccc(-c2nc(-c3ccc(C[C@H](N)C(=O)O)cc3)no2)cc1. The molecule has 1 heterocycles. The first-order valence-corrected chi connectivity index (χ1v) is 8.21. The Morgan fingerprint density at radius 3 is 2.42 bits per heavy atom. The molecule has 3 N–H and O–H groups in total. The van der Waals surface area contributed by atoms with Crippen LogP contribution in [0.2, 0.25) is 0 Å². The number of carboxylic acid groups (broad SMARTS) is 1. The lowest BCUT2D eigenvalue weighted by molar-refractivity contribution is -0.138. The number of aromatic nitrogens is 2. The second-order valence-electron chi connectivity index (χ2n) is 5.73. The molecular formula is C19H19N3O4. The van der Waals surface area contributed by atoms with E-state index in [0.717, 1.165) is 22.4 Å². The molecular weight excluding hydrogens is 334 g/mol. The molecule has 0 unspecified atom stereocenters. The van der Waals surface area contributed by atoms with Crippen LogP contribution in [0.15, 0.2) is 53.1 Å². The van der Waals surface area contributed by atoms with Crippen LogP contribution in [-0.4, -0.2) is 33.9 Å². The first-order chi connectivity index (χ1) is 12.6. The van der Waals surface area contributed by atoms with Gasteiger partial charge >= 0.3 is 5.97 Å². The summed E-state index contributed by atoms with van der Waals surface area (Å²) in [7, 11) is 0. The van der Waals surface area contributed by atoms with Crippen LogP contribution >= 0.6 is 0 Å². The van der Waals surface area contributed by atoms with Crippen LogP contribution in [0.3, 0.4) is 0 Å². The molecule has 0 bridgehead atoms. The molecule has 0 amide bonds. The van der Waals surface area contributed by atoms with Crippen LogP contribution in [0.25, 0.3) is 22.8 Å². The van der Waals surface area contributed by atoms with Gasteiger partial charge in [0.25, 0.3) is 5.89 Å². The fourth-order valence-corrected chi connectivity index (χ4v) is 2.45. The maximum absolute atomic E-state index is 10.8. The molecule has 0 saturated heterocycles. The van der Waals surface area contributed by atoms with E-state index in [-0.39, 0.29) is 6.42 Å². The summed E-state index contributed by atoms with van der Waals surface area (Å²) in [4.78, 5) is 15.2. The summed E-state index contributed by atoms with van der Waals surface area (Å²) in [5.74, 6) is 0.640. The highest BCUT2D eigenvalue weighted by Gasteiger charge is 2.14. The molecule has 1 aromatic heterocycles. The zero-order valence-electron chi connectivity index (χ0n) is 14.3. The number of ether oxygens (including phenoxy) is 1. The molecule has 3 aromatic rings. The maximum Gasteiger partial charge on any atom is 0.320 e. The monoisotopic (exact) mass is 353 g/mol. The van der Waals surface area contributed by atoms with Crippen LogP contribution in [0.5, 0.6) is 5.75 Å². The van der Waals surface area contributed by atoms with Gasteiger partial charge in [-0.05, 0) is 43.2 Å². The predicted octanol–water partition coefficient (Wildman–Crippen LogP) is 2.76. The number of carbonyl (C=O) groups is 1. The Kier molecular flexibility index (Phi) is 5.28. The molecule has 7 nitrogen and oxygen atoms in total.